The molecule has 3 N–H and O–H groups in total. The third kappa shape index (κ3) is 4.78. The predicted octanol–water partition coefficient (Wildman–Crippen LogP) is 4.51. The molecule has 2 aromatic carbocycles. The maximum atomic E-state index is 12.0. The largest absolute Gasteiger partial charge is 0.492 e. The van der Waals surface area contributed by atoms with Crippen molar-refractivity contribution in [3.63, 3.8) is 0 Å². The number of aromatic nitrogens is 1. The Bertz CT molecular complexity index is 1310. The molecule has 0 radical (unpaired) electrons. The average molecular weight is 488 g/mol. The highest BCUT2D eigenvalue weighted by Crippen LogP contribution is 2.43. The number of rotatable bonds is 8. The van der Waals surface area contributed by atoms with Crippen molar-refractivity contribution >= 4 is 29.0 Å². The first kappa shape index (κ1) is 23.5. The molecule has 0 unspecified atom stereocenters. The monoisotopic (exact) mass is 487 g/mol. The number of hydrogen-bond acceptors (Lipinski definition) is 8. The molecule has 3 aromatic rings. The minimum atomic E-state index is -0.490. The fraction of sp³-hybridized carbons (Fsp3) is 0.346. The van der Waals surface area contributed by atoms with E-state index in [1.807, 2.05) is 42.5 Å². The highest BCUT2D eigenvalue weighted by molar-refractivity contribution is 5.96. The van der Waals surface area contributed by atoms with Crippen molar-refractivity contribution in [2.24, 2.45) is 5.10 Å². The smallest absolute Gasteiger partial charge is 0.411 e. The number of ether oxygens (including phenoxy) is 2. The van der Waals surface area contributed by atoms with Crippen LogP contribution in [0, 0.1) is 11.3 Å². The molecule has 1 aromatic heterocycles. The fourth-order valence-electron chi connectivity index (χ4n) is 4.47. The number of amides is 1. The van der Waals surface area contributed by atoms with Gasteiger partial charge in [0.2, 0.25) is 0 Å². The number of hydrogen-bond donors (Lipinski definition) is 3. The third-order valence-electron chi connectivity index (χ3n) is 6.32. The van der Waals surface area contributed by atoms with E-state index in [2.05, 4.69) is 32.0 Å². The summed E-state index contributed by atoms with van der Waals surface area (Å²) < 4.78 is 13.5. The molecule has 0 saturated heterocycles. The van der Waals surface area contributed by atoms with Crippen LogP contribution in [0.2, 0.25) is 0 Å². The van der Waals surface area contributed by atoms with Crippen LogP contribution in [0.15, 0.2) is 47.6 Å². The van der Waals surface area contributed by atoms with Crippen molar-refractivity contribution in [3.8, 4) is 23.1 Å². The van der Waals surface area contributed by atoms with Gasteiger partial charge in [-0.2, -0.15) is 10.4 Å². The van der Waals surface area contributed by atoms with Crippen LogP contribution in [-0.2, 0) is 4.74 Å². The lowest BCUT2D eigenvalue weighted by atomic mass is 9.92. The third-order valence-corrected chi connectivity index (χ3v) is 6.32. The van der Waals surface area contributed by atoms with Crippen molar-refractivity contribution in [2.75, 3.05) is 18.5 Å². The number of nitrogens with one attached hydrogen (secondary N) is 3. The molecule has 10 heteroatoms. The Labute approximate surface area is 209 Å². The molecular weight excluding hydrogens is 458 g/mol. The van der Waals surface area contributed by atoms with E-state index >= 15 is 0 Å². The number of hydrazine groups is 2. The minimum Gasteiger partial charge on any atom is -0.492 e. The van der Waals surface area contributed by atoms with Crippen LogP contribution in [0.1, 0.15) is 44.7 Å². The summed E-state index contributed by atoms with van der Waals surface area (Å²) in [6.07, 6.45) is 4.19. The fourth-order valence-corrected chi connectivity index (χ4v) is 4.47. The van der Waals surface area contributed by atoms with Crippen molar-refractivity contribution in [1.82, 2.24) is 20.6 Å². The summed E-state index contributed by atoms with van der Waals surface area (Å²) >= 11 is 0. The van der Waals surface area contributed by atoms with Gasteiger partial charge in [0, 0.05) is 23.2 Å². The maximum absolute atomic E-state index is 12.0. The number of hydrazone groups is 1. The Kier molecular flexibility index (Phi) is 6.64. The lowest BCUT2D eigenvalue weighted by Gasteiger charge is -2.30. The van der Waals surface area contributed by atoms with Crippen LogP contribution in [0.4, 0.5) is 10.5 Å². The Balaban J connectivity index is 1.45. The molecule has 1 aliphatic carbocycles. The maximum Gasteiger partial charge on any atom is 0.411 e. The predicted molar refractivity (Wildman–Crippen MR) is 137 cm³/mol. The van der Waals surface area contributed by atoms with Gasteiger partial charge in [-0.15, -0.1) is 5.12 Å². The van der Waals surface area contributed by atoms with E-state index in [0.717, 1.165) is 40.8 Å². The average Bonchev–Trinajstić information content (AvgIpc) is 3.44. The first-order chi connectivity index (χ1) is 17.5. The van der Waals surface area contributed by atoms with E-state index in [1.54, 1.807) is 25.3 Å². The normalized spacial score (nSPS) is 15.3. The molecule has 2 aliphatic rings. The molecule has 5 rings (SSSR count). The van der Waals surface area contributed by atoms with Crippen LogP contribution >= 0.6 is 0 Å². The Morgan fingerprint density at radius 3 is 2.69 bits per heavy atom. The van der Waals surface area contributed by atoms with Gasteiger partial charge in [-0.25, -0.2) is 10.3 Å². The number of nitrogens with zero attached hydrogens (tertiary/aromatic N) is 4. The number of carbonyl (C=O) groups is 1. The molecular formula is C26H29N7O3. The van der Waals surface area contributed by atoms with Gasteiger partial charge in [0.25, 0.3) is 0 Å². The van der Waals surface area contributed by atoms with E-state index in [4.69, 9.17) is 9.47 Å². The first-order valence-electron chi connectivity index (χ1n) is 12.1. The lowest BCUT2D eigenvalue weighted by Crippen LogP contribution is -2.41. The number of fused-ring (bicyclic) bond motifs is 1. The number of benzene rings is 2. The SMILES string of the molecule is CC(C)OC(=O)Nc1ccc(-c2c(C#N)c3ccc(OCCN4NC=NN4)cc3n2C2CCC2)cc1. The first-order valence-corrected chi connectivity index (χ1v) is 12.1. The zero-order valence-corrected chi connectivity index (χ0v) is 20.3. The molecule has 1 amide bonds. The van der Waals surface area contributed by atoms with Crippen molar-refractivity contribution in [3.05, 3.63) is 48.0 Å². The zero-order valence-electron chi connectivity index (χ0n) is 20.3. The van der Waals surface area contributed by atoms with Crippen LogP contribution in [0.25, 0.3) is 22.2 Å². The van der Waals surface area contributed by atoms with Gasteiger partial charge in [-0.3, -0.25) is 10.7 Å². The van der Waals surface area contributed by atoms with Gasteiger partial charge >= 0.3 is 6.09 Å². The zero-order chi connectivity index (χ0) is 25.1. The second kappa shape index (κ2) is 10.2. The van der Waals surface area contributed by atoms with Crippen LogP contribution in [-0.4, -0.2) is 41.4 Å². The summed E-state index contributed by atoms with van der Waals surface area (Å²) in [6.45, 7) is 4.67. The van der Waals surface area contributed by atoms with Gasteiger partial charge in [-0.05, 0) is 62.9 Å². The Morgan fingerprint density at radius 1 is 1.25 bits per heavy atom. The molecule has 36 heavy (non-hydrogen) atoms. The highest BCUT2D eigenvalue weighted by atomic mass is 16.6. The van der Waals surface area contributed by atoms with Crippen molar-refractivity contribution in [1.29, 1.82) is 5.26 Å². The van der Waals surface area contributed by atoms with E-state index in [1.165, 1.54) is 6.42 Å². The number of nitriles is 1. The lowest BCUT2D eigenvalue weighted by molar-refractivity contribution is 0.130. The summed E-state index contributed by atoms with van der Waals surface area (Å²) in [6, 6.07) is 16.2. The van der Waals surface area contributed by atoms with Gasteiger partial charge in [0.1, 0.15) is 24.8 Å². The molecule has 0 atom stereocenters. The quantitative estimate of drug-likeness (QED) is 0.428. The van der Waals surface area contributed by atoms with Crippen LogP contribution in [0.5, 0.6) is 5.75 Å². The highest BCUT2D eigenvalue weighted by Gasteiger charge is 2.28. The van der Waals surface area contributed by atoms with Gasteiger partial charge in [0.05, 0.1) is 29.4 Å². The van der Waals surface area contributed by atoms with Crippen molar-refractivity contribution < 1.29 is 14.3 Å². The Morgan fingerprint density at radius 2 is 2.06 bits per heavy atom. The van der Waals surface area contributed by atoms with Crippen molar-refractivity contribution in [2.45, 2.75) is 45.3 Å². The summed E-state index contributed by atoms with van der Waals surface area (Å²) in [5, 5.41) is 19.4. The molecule has 1 aliphatic heterocycles. The topological polar surface area (TPSA) is 116 Å². The van der Waals surface area contributed by atoms with E-state index in [-0.39, 0.29) is 6.10 Å². The second-order valence-electron chi connectivity index (χ2n) is 9.11. The molecule has 0 spiro atoms. The number of anilines is 1. The van der Waals surface area contributed by atoms with Crippen LogP contribution < -0.4 is 21.0 Å². The minimum absolute atomic E-state index is 0.197. The summed E-state index contributed by atoms with van der Waals surface area (Å²) in [5.74, 6) is 0.750. The summed E-state index contributed by atoms with van der Waals surface area (Å²) in [4.78, 5) is 12.0. The standard InChI is InChI=1S/C26H29N7O3/c1-17(2)36-26(34)30-19-8-6-18(7-9-19)25-23(15-27)22-11-10-21(35-13-12-32-29-16-28-31-32)14-24(22)33(25)20-4-3-5-20/h6-11,14,16-17,20,31H,3-5,12-13H2,1-2H3,(H,28,29)(H,30,34). The van der Waals surface area contributed by atoms with Gasteiger partial charge < -0.3 is 14.0 Å². The van der Waals surface area contributed by atoms with Crippen LogP contribution in [0.3, 0.4) is 0 Å². The molecule has 1 saturated carbocycles. The molecule has 2 heterocycles. The molecule has 1 fully saturated rings. The molecule has 10 nitrogen and oxygen atoms in total. The van der Waals surface area contributed by atoms with E-state index in [9.17, 15) is 10.1 Å². The summed E-state index contributed by atoms with van der Waals surface area (Å²) in [7, 11) is 0. The Hall–Kier alpha value is -4.23. The number of carbonyl (C=O) groups excluding carboxylic acids is 1. The molecule has 186 valence electrons. The molecule has 0 bridgehead atoms. The van der Waals surface area contributed by atoms with Gasteiger partial charge in [-0.1, -0.05) is 12.1 Å². The summed E-state index contributed by atoms with van der Waals surface area (Å²) in [5.41, 5.74) is 9.86. The van der Waals surface area contributed by atoms with E-state index < -0.39 is 6.09 Å². The van der Waals surface area contributed by atoms with Gasteiger partial charge in [0.15, 0.2) is 0 Å². The second-order valence-corrected chi connectivity index (χ2v) is 9.11. The van der Waals surface area contributed by atoms with E-state index in [0.29, 0.717) is 30.4 Å².